The Balaban J connectivity index is 2.46. The molecule has 2 N–H and O–H groups in total. The minimum Gasteiger partial charge on any atom is -0.507 e. The smallest absolute Gasteiger partial charge is 0.198 e. The van der Waals surface area contributed by atoms with E-state index in [0.29, 0.717) is 16.1 Å². The summed E-state index contributed by atoms with van der Waals surface area (Å²) in [5.41, 5.74) is 1.07. The molecule has 0 saturated carbocycles. The second kappa shape index (κ2) is 4.73. The van der Waals surface area contributed by atoms with Gasteiger partial charge >= 0.3 is 0 Å². The first kappa shape index (κ1) is 14.9. The maximum Gasteiger partial charge on any atom is 0.198 e. The van der Waals surface area contributed by atoms with E-state index in [-0.39, 0.29) is 27.3 Å². The van der Waals surface area contributed by atoms with E-state index in [4.69, 9.17) is 23.2 Å². The lowest BCUT2D eigenvalue weighted by Crippen LogP contribution is -2.23. The largest absolute Gasteiger partial charge is 0.507 e. The van der Waals surface area contributed by atoms with Gasteiger partial charge in [0.25, 0.3) is 0 Å². The summed E-state index contributed by atoms with van der Waals surface area (Å²) >= 11 is 12.1. The molecule has 2 aromatic rings. The van der Waals surface area contributed by atoms with Crippen molar-refractivity contribution in [3.8, 4) is 11.5 Å². The molecule has 0 aromatic heterocycles. The van der Waals surface area contributed by atoms with Crippen molar-refractivity contribution in [2.45, 2.75) is 13.8 Å². The molecular formula is C16H10Cl2O4. The van der Waals surface area contributed by atoms with Crippen LogP contribution in [0.1, 0.15) is 43.0 Å². The molecule has 0 atom stereocenters. The molecule has 2 aromatic carbocycles. The Morgan fingerprint density at radius 2 is 1.45 bits per heavy atom. The average molecular weight is 337 g/mol. The molecular weight excluding hydrogens is 327 g/mol. The minimum absolute atomic E-state index is 0.158. The van der Waals surface area contributed by atoms with Gasteiger partial charge in [0, 0.05) is 22.2 Å². The number of benzene rings is 2. The van der Waals surface area contributed by atoms with Gasteiger partial charge in [-0.05, 0) is 31.0 Å². The molecule has 0 fully saturated rings. The number of carbonyl (C=O) groups is 2. The molecule has 0 bridgehead atoms. The quantitative estimate of drug-likeness (QED) is 0.654. The number of halogens is 2. The number of phenols is 2. The van der Waals surface area contributed by atoms with Gasteiger partial charge < -0.3 is 10.2 Å². The SMILES string of the molecule is Cc1cc2c(c(C)c1Cl)C(=O)c1c(O)cc(O)c(Cl)c1C2=O. The molecule has 0 saturated heterocycles. The highest BCUT2D eigenvalue weighted by atomic mass is 35.5. The summed E-state index contributed by atoms with van der Waals surface area (Å²) < 4.78 is 0. The van der Waals surface area contributed by atoms with Crippen molar-refractivity contribution < 1.29 is 19.8 Å². The number of phenolic OH excluding ortho intramolecular Hbond substituents is 2. The zero-order chi connectivity index (χ0) is 16.3. The van der Waals surface area contributed by atoms with E-state index in [9.17, 15) is 19.8 Å². The number of hydrogen-bond acceptors (Lipinski definition) is 4. The Morgan fingerprint density at radius 3 is 2.09 bits per heavy atom. The van der Waals surface area contributed by atoms with Crippen LogP contribution in [-0.4, -0.2) is 21.8 Å². The van der Waals surface area contributed by atoms with E-state index >= 15 is 0 Å². The molecule has 1 aliphatic carbocycles. The topological polar surface area (TPSA) is 74.6 Å². The second-order valence-electron chi connectivity index (χ2n) is 5.19. The molecule has 0 amide bonds. The van der Waals surface area contributed by atoms with Gasteiger partial charge in [0.2, 0.25) is 0 Å². The Bertz CT molecular complexity index is 881. The van der Waals surface area contributed by atoms with Crippen molar-refractivity contribution in [3.63, 3.8) is 0 Å². The molecule has 3 rings (SSSR count). The lowest BCUT2D eigenvalue weighted by molar-refractivity contribution is 0.0976. The van der Waals surface area contributed by atoms with Crippen molar-refractivity contribution in [1.82, 2.24) is 0 Å². The maximum absolute atomic E-state index is 12.7. The van der Waals surface area contributed by atoms with Crippen LogP contribution < -0.4 is 0 Å². The first-order valence-corrected chi connectivity index (χ1v) is 7.14. The Labute approximate surface area is 135 Å². The predicted molar refractivity (Wildman–Crippen MR) is 82.6 cm³/mol. The van der Waals surface area contributed by atoms with Gasteiger partial charge in [0.05, 0.1) is 16.1 Å². The predicted octanol–water partition coefficient (Wildman–Crippen LogP) is 3.80. The number of ketones is 2. The Hall–Kier alpha value is -2.04. The van der Waals surface area contributed by atoms with E-state index in [1.807, 2.05) is 0 Å². The number of aryl methyl sites for hydroxylation is 1. The highest BCUT2D eigenvalue weighted by Crippen LogP contribution is 2.43. The van der Waals surface area contributed by atoms with Crippen molar-refractivity contribution >= 4 is 34.8 Å². The van der Waals surface area contributed by atoms with Crippen LogP contribution >= 0.6 is 23.2 Å². The Kier molecular flexibility index (Phi) is 3.20. The fraction of sp³-hybridized carbons (Fsp3) is 0.125. The third-order valence-corrected chi connectivity index (χ3v) is 4.79. The van der Waals surface area contributed by atoms with Crippen LogP contribution in [0.4, 0.5) is 0 Å². The molecule has 1 aliphatic rings. The van der Waals surface area contributed by atoms with E-state index in [0.717, 1.165) is 6.07 Å². The number of hydrogen-bond donors (Lipinski definition) is 2. The molecule has 0 heterocycles. The van der Waals surface area contributed by atoms with Crippen LogP contribution in [0.15, 0.2) is 12.1 Å². The van der Waals surface area contributed by atoms with Crippen LogP contribution in [0.2, 0.25) is 10.0 Å². The number of rotatable bonds is 0. The lowest BCUT2D eigenvalue weighted by atomic mass is 9.80. The number of fused-ring (bicyclic) bond motifs is 2. The molecule has 22 heavy (non-hydrogen) atoms. The summed E-state index contributed by atoms with van der Waals surface area (Å²) in [5.74, 6) is -2.01. The molecule has 112 valence electrons. The van der Waals surface area contributed by atoms with Gasteiger partial charge in [-0.3, -0.25) is 9.59 Å². The zero-order valence-electron chi connectivity index (χ0n) is 11.6. The monoisotopic (exact) mass is 336 g/mol. The van der Waals surface area contributed by atoms with Gasteiger partial charge in [-0.25, -0.2) is 0 Å². The van der Waals surface area contributed by atoms with Gasteiger partial charge in [0.1, 0.15) is 11.5 Å². The van der Waals surface area contributed by atoms with Crippen molar-refractivity contribution in [2.24, 2.45) is 0 Å². The molecule has 4 nitrogen and oxygen atoms in total. The molecule has 6 heteroatoms. The molecule has 0 unspecified atom stereocenters. The van der Waals surface area contributed by atoms with E-state index in [1.54, 1.807) is 13.8 Å². The van der Waals surface area contributed by atoms with E-state index in [2.05, 4.69) is 0 Å². The minimum atomic E-state index is -0.539. The van der Waals surface area contributed by atoms with Crippen molar-refractivity contribution in [2.75, 3.05) is 0 Å². The van der Waals surface area contributed by atoms with Crippen LogP contribution in [0.25, 0.3) is 0 Å². The highest BCUT2D eigenvalue weighted by Gasteiger charge is 2.37. The third kappa shape index (κ3) is 1.77. The summed E-state index contributed by atoms with van der Waals surface area (Å²) in [6, 6.07) is 2.47. The van der Waals surface area contributed by atoms with Gasteiger partial charge in [-0.1, -0.05) is 23.2 Å². The van der Waals surface area contributed by atoms with Gasteiger partial charge in [0.15, 0.2) is 11.6 Å². The summed E-state index contributed by atoms with van der Waals surface area (Å²) in [6.45, 7) is 3.37. The highest BCUT2D eigenvalue weighted by molar-refractivity contribution is 6.41. The van der Waals surface area contributed by atoms with E-state index in [1.165, 1.54) is 6.07 Å². The molecule has 0 aliphatic heterocycles. The zero-order valence-corrected chi connectivity index (χ0v) is 13.1. The summed E-state index contributed by atoms with van der Waals surface area (Å²) in [5, 5.41) is 19.8. The van der Waals surface area contributed by atoms with Crippen LogP contribution in [0.3, 0.4) is 0 Å². The first-order valence-electron chi connectivity index (χ1n) is 6.39. The summed E-state index contributed by atoms with van der Waals surface area (Å²) in [6.07, 6.45) is 0. The van der Waals surface area contributed by atoms with Crippen LogP contribution in [0.5, 0.6) is 11.5 Å². The van der Waals surface area contributed by atoms with Gasteiger partial charge in [-0.15, -0.1) is 0 Å². The van der Waals surface area contributed by atoms with Crippen LogP contribution in [0, 0.1) is 13.8 Å². The van der Waals surface area contributed by atoms with Gasteiger partial charge in [-0.2, -0.15) is 0 Å². The summed E-state index contributed by atoms with van der Waals surface area (Å²) in [4.78, 5) is 25.4. The van der Waals surface area contributed by atoms with Crippen LogP contribution in [-0.2, 0) is 0 Å². The van der Waals surface area contributed by atoms with Crippen molar-refractivity contribution in [3.05, 3.63) is 55.6 Å². The molecule has 0 radical (unpaired) electrons. The number of carbonyl (C=O) groups excluding carboxylic acids is 2. The Morgan fingerprint density at radius 1 is 0.818 bits per heavy atom. The second-order valence-corrected chi connectivity index (χ2v) is 5.95. The van der Waals surface area contributed by atoms with Crippen molar-refractivity contribution in [1.29, 1.82) is 0 Å². The normalized spacial score (nSPS) is 13.1. The fourth-order valence-electron chi connectivity index (χ4n) is 2.76. The lowest BCUT2D eigenvalue weighted by Gasteiger charge is -2.22. The average Bonchev–Trinajstić information content (AvgIpc) is 2.45. The summed E-state index contributed by atoms with van der Waals surface area (Å²) in [7, 11) is 0. The fourth-order valence-corrected chi connectivity index (χ4v) is 3.15. The molecule has 0 spiro atoms. The number of aromatic hydroxyl groups is 2. The third-order valence-electron chi connectivity index (χ3n) is 3.83. The maximum atomic E-state index is 12.7. The standard InChI is InChI=1S/C16H10Cl2O4/c1-5-3-7-10(6(2)13(5)17)16(22)11-8(19)4-9(20)14(18)12(11)15(7)21/h3-4,19-20H,1-2H3. The van der Waals surface area contributed by atoms with E-state index < -0.39 is 23.1 Å². The first-order chi connectivity index (χ1) is 10.3.